The summed E-state index contributed by atoms with van der Waals surface area (Å²) < 4.78 is 28.1. The first kappa shape index (κ1) is 35.3. The Bertz CT molecular complexity index is 1920. The van der Waals surface area contributed by atoms with Gasteiger partial charge in [0.15, 0.2) is 11.5 Å². The number of aromatic nitrogens is 2. The number of piperidine rings is 1. The van der Waals surface area contributed by atoms with Crippen LogP contribution in [-0.2, 0) is 12.0 Å². The highest BCUT2D eigenvalue weighted by atomic mass is 16.5. The molecule has 0 radical (unpaired) electrons. The Morgan fingerprint density at radius 1 is 0.923 bits per heavy atom. The predicted molar refractivity (Wildman–Crippen MR) is 201 cm³/mol. The van der Waals surface area contributed by atoms with E-state index >= 15 is 0 Å². The maximum atomic E-state index is 14.0. The van der Waals surface area contributed by atoms with Gasteiger partial charge in [0.05, 0.1) is 46.0 Å². The van der Waals surface area contributed by atoms with Gasteiger partial charge in [-0.2, -0.15) is 0 Å². The summed E-state index contributed by atoms with van der Waals surface area (Å²) in [6.45, 7) is 6.81. The quantitative estimate of drug-likeness (QED) is 0.141. The Balaban J connectivity index is 1.07. The number of para-hydroxylation sites is 2. The molecule has 5 aromatic rings. The second-order valence-corrected chi connectivity index (χ2v) is 13.9. The number of likely N-dealkylation sites (tertiary alicyclic amines) is 2. The molecule has 1 N–H and O–H groups in total. The van der Waals surface area contributed by atoms with Crippen LogP contribution in [0.15, 0.2) is 77.2 Å². The van der Waals surface area contributed by atoms with Crippen LogP contribution in [0.2, 0.25) is 0 Å². The normalized spacial score (nSPS) is 18.1. The number of imidazole rings is 1. The number of carbonyl (C=O) groups excluding carboxylic acids is 1. The molecule has 0 spiro atoms. The number of fused-ring (bicyclic) bond motifs is 1. The number of anilines is 1. The molecule has 7 rings (SSSR count). The van der Waals surface area contributed by atoms with Crippen LogP contribution in [0.25, 0.3) is 11.0 Å². The molecule has 2 aromatic heterocycles. The van der Waals surface area contributed by atoms with Crippen LogP contribution in [0.4, 0.5) is 5.95 Å². The van der Waals surface area contributed by atoms with E-state index in [-0.39, 0.29) is 11.3 Å². The lowest BCUT2D eigenvalue weighted by Crippen LogP contribution is -2.46. The topological polar surface area (TPSA) is 106 Å². The molecule has 2 saturated heterocycles. The van der Waals surface area contributed by atoms with Crippen molar-refractivity contribution < 1.29 is 28.2 Å². The summed E-state index contributed by atoms with van der Waals surface area (Å²) in [6.07, 6.45) is 3.83. The number of nitrogens with zero attached hydrogens (tertiary/aromatic N) is 4. The van der Waals surface area contributed by atoms with Gasteiger partial charge in [-0.25, -0.2) is 4.98 Å². The number of rotatable bonds is 13. The molecule has 2 aliphatic rings. The summed E-state index contributed by atoms with van der Waals surface area (Å²) >= 11 is 0. The number of furan rings is 1. The van der Waals surface area contributed by atoms with Gasteiger partial charge >= 0.3 is 0 Å². The first-order chi connectivity index (χ1) is 25.3. The predicted octanol–water partition coefficient (Wildman–Crippen LogP) is 6.84. The van der Waals surface area contributed by atoms with Crippen LogP contribution in [0.3, 0.4) is 0 Å². The van der Waals surface area contributed by atoms with Crippen molar-refractivity contribution in [2.24, 2.45) is 0 Å². The smallest absolute Gasteiger partial charge is 0.254 e. The summed E-state index contributed by atoms with van der Waals surface area (Å²) in [6, 6.07) is 24.5. The maximum absolute atomic E-state index is 14.0. The van der Waals surface area contributed by atoms with Crippen molar-refractivity contribution in [3.8, 4) is 23.0 Å². The zero-order chi connectivity index (χ0) is 36.2. The van der Waals surface area contributed by atoms with Crippen LogP contribution in [0.5, 0.6) is 23.0 Å². The Kier molecular flexibility index (Phi) is 10.3. The fourth-order valence-electron chi connectivity index (χ4n) is 7.98. The van der Waals surface area contributed by atoms with Gasteiger partial charge in [0.25, 0.3) is 5.91 Å². The van der Waals surface area contributed by atoms with E-state index in [1.807, 2.05) is 48.2 Å². The summed E-state index contributed by atoms with van der Waals surface area (Å²) in [4.78, 5) is 29.5. The molecule has 2 aliphatic heterocycles. The summed E-state index contributed by atoms with van der Waals surface area (Å²) in [5.74, 6) is 4.91. The zero-order valence-electron chi connectivity index (χ0n) is 30.8. The molecule has 2 fully saturated rings. The summed E-state index contributed by atoms with van der Waals surface area (Å²) in [5.41, 5.74) is 3.55. The minimum absolute atomic E-state index is 0.0483. The lowest BCUT2D eigenvalue weighted by Gasteiger charge is -2.39. The highest BCUT2D eigenvalue weighted by Gasteiger charge is 2.42. The van der Waals surface area contributed by atoms with Crippen molar-refractivity contribution in [3.63, 3.8) is 0 Å². The molecular weight excluding hydrogens is 658 g/mol. The van der Waals surface area contributed by atoms with E-state index in [1.54, 1.807) is 40.6 Å². The number of H-pyrrole nitrogens is 1. The average Bonchev–Trinajstić information content (AvgIpc) is 3.94. The van der Waals surface area contributed by atoms with Gasteiger partial charge in [-0.1, -0.05) is 24.3 Å². The van der Waals surface area contributed by atoms with E-state index < -0.39 is 0 Å². The van der Waals surface area contributed by atoms with Gasteiger partial charge in [0.2, 0.25) is 11.7 Å². The summed E-state index contributed by atoms with van der Waals surface area (Å²) in [5, 5.41) is 0. The Hall–Kier alpha value is -5.16. The van der Waals surface area contributed by atoms with E-state index in [9.17, 15) is 4.79 Å². The fraction of sp³-hybridized carbons (Fsp3) is 0.415. The molecule has 3 aromatic carbocycles. The second-order valence-electron chi connectivity index (χ2n) is 13.9. The van der Waals surface area contributed by atoms with Crippen molar-refractivity contribution in [1.82, 2.24) is 19.8 Å². The Labute approximate surface area is 305 Å². The molecule has 11 nitrogen and oxygen atoms in total. The third-order valence-electron chi connectivity index (χ3n) is 10.9. The third kappa shape index (κ3) is 7.14. The number of hydrogen-bond acceptors (Lipinski definition) is 9. The van der Waals surface area contributed by atoms with Gasteiger partial charge in [-0.15, -0.1) is 0 Å². The lowest BCUT2D eigenvalue weighted by atomic mass is 9.76. The number of hydrogen-bond donors (Lipinski definition) is 1. The van der Waals surface area contributed by atoms with E-state index in [0.717, 1.165) is 79.6 Å². The molecule has 11 heteroatoms. The van der Waals surface area contributed by atoms with Crippen LogP contribution >= 0.6 is 0 Å². The number of amides is 1. The van der Waals surface area contributed by atoms with Crippen molar-refractivity contribution in [2.45, 2.75) is 50.6 Å². The number of nitrogens with one attached hydrogen (secondary N) is 1. The van der Waals surface area contributed by atoms with Gasteiger partial charge in [-0.3, -0.25) is 4.79 Å². The van der Waals surface area contributed by atoms with Gasteiger partial charge in [0, 0.05) is 43.2 Å². The van der Waals surface area contributed by atoms with E-state index in [2.05, 4.69) is 39.0 Å². The lowest BCUT2D eigenvalue weighted by molar-refractivity contribution is 0.0779. The monoisotopic (exact) mass is 707 g/mol. The van der Waals surface area contributed by atoms with Gasteiger partial charge < -0.3 is 43.0 Å². The Morgan fingerprint density at radius 3 is 2.29 bits per heavy atom. The van der Waals surface area contributed by atoms with E-state index in [0.29, 0.717) is 48.5 Å². The molecular formula is C41H49N5O6. The molecule has 274 valence electrons. The molecule has 1 unspecified atom stereocenters. The highest BCUT2D eigenvalue weighted by molar-refractivity contribution is 5.96. The third-order valence-corrected chi connectivity index (χ3v) is 10.9. The maximum Gasteiger partial charge on any atom is 0.254 e. The van der Waals surface area contributed by atoms with E-state index in [1.165, 1.54) is 5.56 Å². The highest BCUT2D eigenvalue weighted by Crippen LogP contribution is 2.42. The fourth-order valence-corrected chi connectivity index (χ4v) is 7.98. The average molecular weight is 708 g/mol. The minimum atomic E-state index is -0.198. The first-order valence-electron chi connectivity index (χ1n) is 18.1. The van der Waals surface area contributed by atoms with Crippen molar-refractivity contribution >= 4 is 22.9 Å². The van der Waals surface area contributed by atoms with Crippen LogP contribution in [0, 0.1) is 6.92 Å². The molecule has 0 bridgehead atoms. The number of methoxy groups -OCH3 is 4. The first-order valence-corrected chi connectivity index (χ1v) is 18.1. The van der Waals surface area contributed by atoms with Crippen LogP contribution in [0.1, 0.15) is 53.1 Å². The van der Waals surface area contributed by atoms with Crippen molar-refractivity contribution in [3.05, 3.63) is 95.4 Å². The van der Waals surface area contributed by atoms with Crippen molar-refractivity contribution in [1.29, 1.82) is 0 Å². The Morgan fingerprint density at radius 2 is 1.65 bits per heavy atom. The standard InChI is InChI=1S/C41H49N5O6/c1-28-10-13-33(52-28)26-46(40-42-34-8-6-7-9-35(34)43-40)31-16-20-44(21-17-31)22-18-41(30-11-14-32(48-2)15-12-30)19-23-45(27-41)39(47)29-24-36(49-3)38(51-5)37(25-29)50-4/h6-15,24-25,31H,16-23,26-27H2,1-5H3,(H,42,43). The van der Waals surface area contributed by atoms with E-state index in [4.69, 9.17) is 28.3 Å². The molecule has 1 amide bonds. The molecule has 4 heterocycles. The second kappa shape index (κ2) is 15.2. The molecule has 1 atom stereocenters. The SMILES string of the molecule is COc1ccc(C2(CCN3CCC(N(Cc4ccc(C)o4)c4nc5ccccc5[nH]4)CC3)CCN(C(=O)c3cc(OC)c(OC)c(OC)c3)C2)cc1. The summed E-state index contributed by atoms with van der Waals surface area (Å²) in [7, 11) is 6.38. The molecule has 0 saturated carbocycles. The molecule has 52 heavy (non-hydrogen) atoms. The van der Waals surface area contributed by atoms with Crippen LogP contribution < -0.4 is 23.8 Å². The zero-order valence-corrected chi connectivity index (χ0v) is 30.8. The van der Waals surface area contributed by atoms with Gasteiger partial charge in [0.1, 0.15) is 17.3 Å². The number of carbonyl (C=O) groups is 1. The number of aromatic amines is 1. The largest absolute Gasteiger partial charge is 0.497 e. The number of benzene rings is 3. The van der Waals surface area contributed by atoms with Gasteiger partial charge in [-0.05, 0) is 93.2 Å². The number of aryl methyl sites for hydroxylation is 1. The van der Waals surface area contributed by atoms with Crippen LogP contribution in [-0.4, -0.2) is 92.9 Å². The minimum Gasteiger partial charge on any atom is -0.497 e. The number of ether oxygens (including phenoxy) is 4. The molecule has 0 aliphatic carbocycles. The van der Waals surface area contributed by atoms with Crippen molar-refractivity contribution in [2.75, 3.05) is 66.1 Å².